The number of urea groups is 1. The van der Waals surface area contributed by atoms with E-state index in [9.17, 15) is 14.4 Å². The minimum absolute atomic E-state index is 0.253. The number of nitrogens with one attached hydrogen (secondary N) is 2. The minimum atomic E-state index is -1.12. The number of imide groups is 1. The molecule has 0 unspecified atom stereocenters. The number of amides is 4. The molecule has 1 aromatic rings. The minimum Gasteiger partial charge on any atom is -0.355 e. The van der Waals surface area contributed by atoms with Crippen molar-refractivity contribution in [1.82, 2.24) is 15.5 Å². The third-order valence-corrected chi connectivity index (χ3v) is 3.78. The number of carbonyl (C=O) groups is 3. The van der Waals surface area contributed by atoms with Gasteiger partial charge in [0, 0.05) is 6.54 Å². The normalized spacial score (nSPS) is 20.9. The van der Waals surface area contributed by atoms with Crippen LogP contribution >= 0.6 is 0 Å². The monoisotopic (exact) mass is 303 g/mol. The van der Waals surface area contributed by atoms with Gasteiger partial charge in [-0.25, -0.2) is 4.79 Å². The van der Waals surface area contributed by atoms with Crippen molar-refractivity contribution < 1.29 is 14.4 Å². The zero-order valence-corrected chi connectivity index (χ0v) is 12.9. The van der Waals surface area contributed by atoms with Crippen LogP contribution in [0, 0.1) is 0 Å². The summed E-state index contributed by atoms with van der Waals surface area (Å²) in [7, 11) is 0. The van der Waals surface area contributed by atoms with Gasteiger partial charge >= 0.3 is 6.03 Å². The molecule has 0 saturated carbocycles. The summed E-state index contributed by atoms with van der Waals surface area (Å²) < 4.78 is 0. The Labute approximate surface area is 129 Å². The van der Waals surface area contributed by atoms with Crippen LogP contribution in [-0.2, 0) is 15.1 Å². The van der Waals surface area contributed by atoms with Crippen molar-refractivity contribution in [3.05, 3.63) is 35.9 Å². The van der Waals surface area contributed by atoms with Crippen LogP contribution < -0.4 is 10.6 Å². The van der Waals surface area contributed by atoms with Gasteiger partial charge in [0.25, 0.3) is 5.91 Å². The predicted octanol–water partition coefficient (Wildman–Crippen LogP) is 1.37. The lowest BCUT2D eigenvalue weighted by atomic mass is 9.92. The Balaban J connectivity index is 2.07. The zero-order chi connectivity index (χ0) is 16.2. The van der Waals surface area contributed by atoms with Crippen molar-refractivity contribution in [2.75, 3.05) is 13.1 Å². The lowest BCUT2D eigenvalue weighted by Crippen LogP contribution is -2.43. The van der Waals surface area contributed by atoms with Crippen LogP contribution in [0.5, 0.6) is 0 Å². The molecule has 2 rings (SSSR count). The van der Waals surface area contributed by atoms with Gasteiger partial charge in [-0.05, 0) is 18.9 Å². The molecule has 1 aliphatic rings. The van der Waals surface area contributed by atoms with E-state index in [1.165, 1.54) is 0 Å². The number of hydrogen-bond donors (Lipinski definition) is 2. The molecule has 1 atom stereocenters. The van der Waals surface area contributed by atoms with Crippen molar-refractivity contribution in [3.63, 3.8) is 0 Å². The molecule has 4 amide bonds. The van der Waals surface area contributed by atoms with E-state index in [-0.39, 0.29) is 12.5 Å². The van der Waals surface area contributed by atoms with E-state index in [1.54, 1.807) is 31.2 Å². The molecule has 0 radical (unpaired) electrons. The molecular weight excluding hydrogens is 282 g/mol. The number of benzene rings is 1. The lowest BCUT2D eigenvalue weighted by Gasteiger charge is -2.22. The van der Waals surface area contributed by atoms with Crippen LogP contribution in [-0.4, -0.2) is 35.8 Å². The first-order chi connectivity index (χ1) is 10.5. The summed E-state index contributed by atoms with van der Waals surface area (Å²) in [5, 5.41) is 5.38. The van der Waals surface area contributed by atoms with Gasteiger partial charge in [0.1, 0.15) is 12.1 Å². The Hall–Kier alpha value is -2.37. The summed E-state index contributed by atoms with van der Waals surface area (Å²) in [4.78, 5) is 37.4. The quantitative estimate of drug-likeness (QED) is 0.615. The molecule has 1 saturated heterocycles. The molecule has 6 heteroatoms. The molecule has 0 aliphatic carbocycles. The maximum atomic E-state index is 12.6. The highest BCUT2D eigenvalue weighted by Gasteiger charge is 2.49. The highest BCUT2D eigenvalue weighted by Crippen LogP contribution is 2.28. The van der Waals surface area contributed by atoms with E-state index >= 15 is 0 Å². The van der Waals surface area contributed by atoms with Gasteiger partial charge in [-0.15, -0.1) is 0 Å². The Morgan fingerprint density at radius 1 is 1.27 bits per heavy atom. The van der Waals surface area contributed by atoms with Crippen LogP contribution in [0.2, 0.25) is 0 Å². The second kappa shape index (κ2) is 6.60. The summed E-state index contributed by atoms with van der Waals surface area (Å²) in [6.45, 7) is 3.97. The number of nitrogens with zero attached hydrogens (tertiary/aromatic N) is 1. The highest BCUT2D eigenvalue weighted by atomic mass is 16.2. The van der Waals surface area contributed by atoms with Gasteiger partial charge in [-0.2, -0.15) is 0 Å². The Morgan fingerprint density at radius 2 is 1.95 bits per heavy atom. The summed E-state index contributed by atoms with van der Waals surface area (Å²) in [6, 6.07) is 8.47. The number of unbranched alkanes of at least 4 members (excludes halogenated alkanes) is 1. The van der Waals surface area contributed by atoms with Gasteiger partial charge in [-0.3, -0.25) is 14.5 Å². The largest absolute Gasteiger partial charge is 0.355 e. The van der Waals surface area contributed by atoms with E-state index in [1.807, 2.05) is 13.0 Å². The maximum Gasteiger partial charge on any atom is 0.325 e. The van der Waals surface area contributed by atoms with Gasteiger partial charge in [0.05, 0.1) is 0 Å². The van der Waals surface area contributed by atoms with Crippen molar-refractivity contribution in [3.8, 4) is 0 Å². The van der Waals surface area contributed by atoms with E-state index in [0.29, 0.717) is 12.1 Å². The summed E-state index contributed by atoms with van der Waals surface area (Å²) in [6.07, 6.45) is 1.84. The second-order valence-electron chi connectivity index (χ2n) is 5.52. The fourth-order valence-corrected chi connectivity index (χ4v) is 2.41. The van der Waals surface area contributed by atoms with Gasteiger partial charge < -0.3 is 10.6 Å². The number of rotatable bonds is 6. The van der Waals surface area contributed by atoms with Crippen LogP contribution in [0.25, 0.3) is 0 Å². The first-order valence-corrected chi connectivity index (χ1v) is 7.45. The SMILES string of the molecule is CCCCNC(=O)CN1C(=O)N[C@@](C)(c2ccccc2)C1=O. The van der Waals surface area contributed by atoms with Crippen molar-refractivity contribution >= 4 is 17.8 Å². The second-order valence-corrected chi connectivity index (χ2v) is 5.52. The molecule has 6 nitrogen and oxygen atoms in total. The smallest absolute Gasteiger partial charge is 0.325 e. The third-order valence-electron chi connectivity index (χ3n) is 3.78. The molecule has 2 N–H and O–H groups in total. The van der Waals surface area contributed by atoms with Crippen LogP contribution in [0.15, 0.2) is 30.3 Å². The predicted molar refractivity (Wildman–Crippen MR) is 82.0 cm³/mol. The van der Waals surface area contributed by atoms with Gasteiger partial charge in [0.15, 0.2) is 0 Å². The van der Waals surface area contributed by atoms with Crippen LogP contribution in [0.1, 0.15) is 32.3 Å². The average molecular weight is 303 g/mol. The van der Waals surface area contributed by atoms with E-state index in [4.69, 9.17) is 0 Å². The molecule has 0 bridgehead atoms. The molecule has 1 aliphatic heterocycles. The van der Waals surface area contributed by atoms with E-state index in [2.05, 4.69) is 10.6 Å². The zero-order valence-electron chi connectivity index (χ0n) is 12.9. The highest BCUT2D eigenvalue weighted by molar-refractivity contribution is 6.09. The fraction of sp³-hybridized carbons (Fsp3) is 0.438. The average Bonchev–Trinajstić information content (AvgIpc) is 2.73. The van der Waals surface area contributed by atoms with Crippen molar-refractivity contribution in [1.29, 1.82) is 0 Å². The Bertz CT molecular complexity index is 573. The molecule has 1 fully saturated rings. The van der Waals surface area contributed by atoms with E-state index in [0.717, 1.165) is 17.7 Å². The molecular formula is C16H21N3O3. The molecule has 1 heterocycles. The summed E-state index contributed by atoms with van der Waals surface area (Å²) in [5.74, 6) is -0.733. The molecule has 1 aromatic carbocycles. The van der Waals surface area contributed by atoms with Crippen molar-refractivity contribution in [2.45, 2.75) is 32.2 Å². The number of carbonyl (C=O) groups excluding carboxylic acids is 3. The first kappa shape index (κ1) is 16.0. The van der Waals surface area contributed by atoms with Crippen LogP contribution in [0.3, 0.4) is 0 Å². The Kier molecular flexibility index (Phi) is 4.80. The fourth-order valence-electron chi connectivity index (χ4n) is 2.41. The van der Waals surface area contributed by atoms with E-state index < -0.39 is 17.5 Å². The maximum absolute atomic E-state index is 12.6. The topological polar surface area (TPSA) is 78.5 Å². The molecule has 22 heavy (non-hydrogen) atoms. The van der Waals surface area contributed by atoms with Gasteiger partial charge in [0.2, 0.25) is 5.91 Å². The Morgan fingerprint density at radius 3 is 2.59 bits per heavy atom. The lowest BCUT2D eigenvalue weighted by molar-refractivity contribution is -0.134. The summed E-state index contributed by atoms with van der Waals surface area (Å²) >= 11 is 0. The molecule has 0 spiro atoms. The molecule has 118 valence electrons. The third kappa shape index (κ3) is 3.10. The van der Waals surface area contributed by atoms with Crippen LogP contribution in [0.4, 0.5) is 4.79 Å². The van der Waals surface area contributed by atoms with Crippen molar-refractivity contribution in [2.24, 2.45) is 0 Å². The number of hydrogen-bond acceptors (Lipinski definition) is 3. The summed E-state index contributed by atoms with van der Waals surface area (Å²) in [5.41, 5.74) is -0.426. The first-order valence-electron chi connectivity index (χ1n) is 7.45. The van der Waals surface area contributed by atoms with Gasteiger partial charge in [-0.1, -0.05) is 43.7 Å². The standard InChI is InChI=1S/C16H21N3O3/c1-3-4-10-17-13(20)11-19-14(21)16(2,18-15(19)22)12-8-6-5-7-9-12/h5-9H,3-4,10-11H2,1-2H3,(H,17,20)(H,18,22)/t16-/m0/s1. The molecule has 0 aromatic heterocycles.